The molecule has 3 aromatic carbocycles. The Bertz CT molecular complexity index is 973. The third-order valence-electron chi connectivity index (χ3n) is 4.12. The van der Waals surface area contributed by atoms with E-state index in [9.17, 15) is 4.79 Å². The number of rotatable bonds is 8. The minimum absolute atomic E-state index is 0.187. The molecule has 0 bridgehead atoms. The monoisotopic (exact) mass is 452 g/mol. The van der Waals surface area contributed by atoms with Crippen LogP contribution in [0.4, 0.5) is 0 Å². The molecule has 5 nitrogen and oxygen atoms in total. The molecule has 0 aliphatic rings. The number of methoxy groups -OCH3 is 1. The van der Waals surface area contributed by atoms with Gasteiger partial charge in [0, 0.05) is 0 Å². The summed E-state index contributed by atoms with van der Waals surface area (Å²) in [5.74, 6) is 1.32. The minimum Gasteiger partial charge on any atom is -0.497 e. The van der Waals surface area contributed by atoms with Crippen molar-refractivity contribution < 1.29 is 14.3 Å². The molecule has 0 atom stereocenters. The number of nitrogens with one attached hydrogen (secondary N) is 1. The van der Waals surface area contributed by atoms with Crippen molar-refractivity contribution in [3.05, 3.63) is 94.0 Å². The number of carbonyl (C=O) groups excluding carboxylic acids is 1. The first-order valence-corrected chi connectivity index (χ1v) is 9.84. The molecule has 0 spiro atoms. The molecule has 6 heteroatoms. The van der Waals surface area contributed by atoms with Gasteiger partial charge in [-0.3, -0.25) is 4.79 Å². The van der Waals surface area contributed by atoms with Crippen LogP contribution in [-0.2, 0) is 17.8 Å². The van der Waals surface area contributed by atoms with Crippen LogP contribution in [-0.4, -0.2) is 19.2 Å². The fraction of sp³-hybridized carbons (Fsp3) is 0.130. The molecule has 0 heterocycles. The van der Waals surface area contributed by atoms with Crippen LogP contribution < -0.4 is 14.9 Å². The zero-order valence-electron chi connectivity index (χ0n) is 16.0. The van der Waals surface area contributed by atoms with Crippen LogP contribution in [0.3, 0.4) is 0 Å². The number of nitrogens with zero attached hydrogens (tertiary/aromatic N) is 1. The van der Waals surface area contributed by atoms with E-state index < -0.39 is 0 Å². The highest BCUT2D eigenvalue weighted by Gasteiger charge is 2.04. The molecule has 29 heavy (non-hydrogen) atoms. The number of hydrogen-bond acceptors (Lipinski definition) is 4. The summed E-state index contributed by atoms with van der Waals surface area (Å²) in [6.07, 6.45) is 1.84. The number of benzene rings is 3. The zero-order chi connectivity index (χ0) is 20.5. The maximum absolute atomic E-state index is 12.0. The van der Waals surface area contributed by atoms with Crippen LogP contribution in [0.25, 0.3) is 0 Å². The minimum atomic E-state index is -0.187. The van der Waals surface area contributed by atoms with Gasteiger partial charge in [0.2, 0.25) is 5.91 Å². The Balaban J connectivity index is 1.50. The van der Waals surface area contributed by atoms with Crippen molar-refractivity contribution in [3.63, 3.8) is 0 Å². The summed E-state index contributed by atoms with van der Waals surface area (Å²) >= 11 is 3.51. The standard InChI is InChI=1S/C23H21BrN2O3/c1-28-20-10-7-17(8-11-20)14-23(27)26-25-15-19-9-12-22(21(24)13-19)29-16-18-5-3-2-4-6-18/h2-13,15H,14,16H2,1H3,(H,26,27)/b25-15-. The van der Waals surface area contributed by atoms with Crippen molar-refractivity contribution >= 4 is 28.1 Å². The number of halogens is 1. The predicted octanol–water partition coefficient (Wildman–Crippen LogP) is 4.73. The van der Waals surface area contributed by atoms with Gasteiger partial charge < -0.3 is 9.47 Å². The average Bonchev–Trinajstić information content (AvgIpc) is 2.74. The Morgan fingerprint density at radius 2 is 1.79 bits per heavy atom. The molecule has 0 saturated carbocycles. The van der Waals surface area contributed by atoms with Crippen LogP contribution in [0.15, 0.2) is 82.4 Å². The molecule has 3 rings (SSSR count). The molecule has 0 saturated heterocycles. The second-order valence-corrected chi connectivity index (χ2v) is 7.14. The van der Waals surface area contributed by atoms with E-state index in [0.717, 1.165) is 32.7 Å². The lowest BCUT2D eigenvalue weighted by Gasteiger charge is -2.08. The molecular weight excluding hydrogens is 432 g/mol. The van der Waals surface area contributed by atoms with Crippen molar-refractivity contribution in [2.45, 2.75) is 13.0 Å². The van der Waals surface area contributed by atoms with Crippen molar-refractivity contribution in [1.82, 2.24) is 5.43 Å². The Kier molecular flexibility index (Phi) is 7.41. The quantitative estimate of drug-likeness (QED) is 0.396. The predicted molar refractivity (Wildman–Crippen MR) is 117 cm³/mol. The van der Waals surface area contributed by atoms with Crippen LogP contribution >= 0.6 is 15.9 Å². The van der Waals surface area contributed by atoms with E-state index in [2.05, 4.69) is 26.5 Å². The van der Waals surface area contributed by atoms with Gasteiger partial charge in [0.05, 0.1) is 24.2 Å². The molecule has 0 aromatic heterocycles. The highest BCUT2D eigenvalue weighted by molar-refractivity contribution is 9.10. The maximum atomic E-state index is 12.0. The van der Waals surface area contributed by atoms with Crippen LogP contribution in [0.5, 0.6) is 11.5 Å². The van der Waals surface area contributed by atoms with E-state index >= 15 is 0 Å². The van der Waals surface area contributed by atoms with Crippen LogP contribution in [0.2, 0.25) is 0 Å². The summed E-state index contributed by atoms with van der Waals surface area (Å²) in [5, 5.41) is 4.02. The van der Waals surface area contributed by atoms with Gasteiger partial charge in [-0.1, -0.05) is 42.5 Å². The summed E-state index contributed by atoms with van der Waals surface area (Å²) < 4.78 is 11.8. The molecule has 1 N–H and O–H groups in total. The highest BCUT2D eigenvalue weighted by atomic mass is 79.9. The summed E-state index contributed by atoms with van der Waals surface area (Å²) in [6, 6.07) is 23.0. The number of hydrazone groups is 1. The Morgan fingerprint density at radius 1 is 1.03 bits per heavy atom. The van der Waals surface area contributed by atoms with Crippen molar-refractivity contribution in [2.75, 3.05) is 7.11 Å². The fourth-order valence-corrected chi connectivity index (χ4v) is 3.11. The summed E-state index contributed by atoms with van der Waals surface area (Å²) in [7, 11) is 1.61. The van der Waals surface area contributed by atoms with E-state index in [-0.39, 0.29) is 12.3 Å². The van der Waals surface area contributed by atoms with Crippen molar-refractivity contribution in [3.8, 4) is 11.5 Å². The van der Waals surface area contributed by atoms with Gasteiger partial charge in [-0.05, 0) is 63.0 Å². The summed E-state index contributed by atoms with van der Waals surface area (Å²) in [4.78, 5) is 12.0. The molecule has 1 amide bonds. The van der Waals surface area contributed by atoms with E-state index in [1.54, 1.807) is 13.3 Å². The largest absolute Gasteiger partial charge is 0.497 e. The molecular formula is C23H21BrN2O3. The number of amides is 1. The lowest BCUT2D eigenvalue weighted by atomic mass is 10.1. The average molecular weight is 453 g/mol. The molecule has 148 valence electrons. The number of ether oxygens (including phenoxy) is 2. The van der Waals surface area contributed by atoms with Gasteiger partial charge in [0.1, 0.15) is 18.1 Å². The Hall–Kier alpha value is -3.12. The number of carbonyl (C=O) groups is 1. The van der Waals surface area contributed by atoms with Gasteiger partial charge in [-0.15, -0.1) is 0 Å². The van der Waals surface area contributed by atoms with E-state index in [1.165, 1.54) is 0 Å². The van der Waals surface area contributed by atoms with Gasteiger partial charge in [0.15, 0.2) is 0 Å². The Morgan fingerprint density at radius 3 is 2.48 bits per heavy atom. The van der Waals surface area contributed by atoms with Gasteiger partial charge in [-0.2, -0.15) is 5.10 Å². The summed E-state index contributed by atoms with van der Waals surface area (Å²) in [6.45, 7) is 0.494. The first-order valence-electron chi connectivity index (χ1n) is 9.05. The molecule has 0 fully saturated rings. The highest BCUT2D eigenvalue weighted by Crippen LogP contribution is 2.26. The normalized spacial score (nSPS) is 10.7. The number of hydrogen-bond donors (Lipinski definition) is 1. The van der Waals surface area contributed by atoms with E-state index in [0.29, 0.717) is 6.61 Å². The zero-order valence-corrected chi connectivity index (χ0v) is 17.6. The second kappa shape index (κ2) is 10.4. The first-order chi connectivity index (χ1) is 14.1. The van der Waals surface area contributed by atoms with Crippen LogP contribution in [0, 0.1) is 0 Å². The second-order valence-electron chi connectivity index (χ2n) is 6.28. The fourth-order valence-electron chi connectivity index (χ4n) is 2.60. The van der Waals surface area contributed by atoms with Crippen LogP contribution in [0.1, 0.15) is 16.7 Å². The van der Waals surface area contributed by atoms with Gasteiger partial charge in [-0.25, -0.2) is 5.43 Å². The smallest absolute Gasteiger partial charge is 0.244 e. The lowest BCUT2D eigenvalue weighted by Crippen LogP contribution is -2.19. The SMILES string of the molecule is COc1ccc(CC(=O)N/N=C\c2ccc(OCc3ccccc3)c(Br)c2)cc1. The molecule has 0 radical (unpaired) electrons. The van der Waals surface area contributed by atoms with E-state index in [4.69, 9.17) is 9.47 Å². The molecule has 3 aromatic rings. The third-order valence-corrected chi connectivity index (χ3v) is 4.74. The topological polar surface area (TPSA) is 59.9 Å². The summed E-state index contributed by atoms with van der Waals surface area (Å²) in [5.41, 5.74) is 5.37. The molecule has 0 aliphatic heterocycles. The third kappa shape index (κ3) is 6.47. The van der Waals surface area contributed by atoms with Gasteiger partial charge in [0.25, 0.3) is 0 Å². The van der Waals surface area contributed by atoms with Gasteiger partial charge >= 0.3 is 0 Å². The first kappa shape index (κ1) is 20.6. The molecule has 0 aliphatic carbocycles. The van der Waals surface area contributed by atoms with E-state index in [1.807, 2.05) is 72.8 Å². The maximum Gasteiger partial charge on any atom is 0.244 e. The van der Waals surface area contributed by atoms with Crippen molar-refractivity contribution in [1.29, 1.82) is 0 Å². The molecule has 0 unspecified atom stereocenters. The lowest BCUT2D eigenvalue weighted by molar-refractivity contribution is -0.120. The Labute approximate surface area is 178 Å². The van der Waals surface area contributed by atoms with Crippen molar-refractivity contribution in [2.24, 2.45) is 5.10 Å².